The smallest absolute Gasteiger partial charge is 0.358 e. The van der Waals surface area contributed by atoms with Gasteiger partial charge in [0.25, 0.3) is 5.91 Å². The average molecular weight is 528 g/mol. The molecule has 0 radical (unpaired) electrons. The Morgan fingerprint density at radius 3 is 2.62 bits per heavy atom. The summed E-state index contributed by atoms with van der Waals surface area (Å²) in [5.41, 5.74) is 4.06. The molecular weight excluding hydrogens is 494 g/mol. The molecule has 4 aromatic rings. The molecule has 202 valence electrons. The topological polar surface area (TPSA) is 107 Å². The van der Waals surface area contributed by atoms with Crippen LogP contribution in [-0.2, 0) is 12.1 Å². The molecule has 0 atom stereocenters. The highest BCUT2D eigenvalue weighted by Gasteiger charge is 2.33. The Hall–Kier alpha value is -4.07. The van der Waals surface area contributed by atoms with Gasteiger partial charge in [0, 0.05) is 22.0 Å². The van der Waals surface area contributed by atoms with Gasteiger partial charge in [0.05, 0.1) is 12.2 Å². The van der Waals surface area contributed by atoms with Gasteiger partial charge in [-0.15, -0.1) is 0 Å². The number of amides is 1. The third-order valence-corrected chi connectivity index (χ3v) is 8.05. The number of rotatable bonds is 5. The van der Waals surface area contributed by atoms with Gasteiger partial charge in [0.2, 0.25) is 5.89 Å². The zero-order chi connectivity index (χ0) is 27.3. The molecule has 0 spiro atoms. The second-order valence-corrected chi connectivity index (χ2v) is 11.1. The molecule has 2 aromatic heterocycles. The molecule has 1 aliphatic carbocycles. The molecule has 3 heterocycles. The largest absolute Gasteiger partial charge is 0.491 e. The molecule has 0 bridgehead atoms. The van der Waals surface area contributed by atoms with Crippen molar-refractivity contribution in [3.05, 3.63) is 70.9 Å². The number of nitrogens with zero attached hydrogens (tertiary/aromatic N) is 2. The minimum Gasteiger partial charge on any atom is -0.491 e. The van der Waals surface area contributed by atoms with Gasteiger partial charge < -0.3 is 24.1 Å². The van der Waals surface area contributed by atoms with Crippen LogP contribution in [-0.4, -0.2) is 33.1 Å². The van der Waals surface area contributed by atoms with Gasteiger partial charge in [-0.3, -0.25) is 4.79 Å². The molecule has 2 aromatic carbocycles. The van der Waals surface area contributed by atoms with Gasteiger partial charge in [-0.05, 0) is 69.4 Å². The van der Waals surface area contributed by atoms with Crippen LogP contribution >= 0.6 is 0 Å². The first-order chi connectivity index (χ1) is 18.7. The third-order valence-electron chi connectivity index (χ3n) is 8.05. The number of benzene rings is 2. The van der Waals surface area contributed by atoms with Crippen LogP contribution in [0.4, 0.5) is 0 Å². The lowest BCUT2D eigenvalue weighted by molar-refractivity contribution is 0.0689. The van der Waals surface area contributed by atoms with Gasteiger partial charge in [-0.2, -0.15) is 0 Å². The fraction of sp³-hybridized carbons (Fsp3) is 0.387. The van der Waals surface area contributed by atoms with Crippen molar-refractivity contribution in [2.45, 2.75) is 70.9 Å². The number of aromatic carboxylic acids is 1. The van der Waals surface area contributed by atoms with Crippen molar-refractivity contribution in [3.8, 4) is 17.0 Å². The molecular formula is C31H33N3O5. The molecule has 2 N–H and O–H groups in total. The monoisotopic (exact) mass is 527 g/mol. The Morgan fingerprint density at radius 1 is 1.10 bits per heavy atom. The number of hydrogen-bond acceptors (Lipinski definition) is 5. The average Bonchev–Trinajstić information content (AvgIpc) is 3.41. The SMILES string of the molecule is Cc1oc(C(C)(C)NC(=O)c2ccc3c(C4CCCCC4)c4n(c3c2)CCOc2ccccc2-4)nc1C(=O)O. The molecule has 6 rings (SSSR count). The number of carbonyl (C=O) groups is 2. The molecule has 1 fully saturated rings. The zero-order valence-corrected chi connectivity index (χ0v) is 22.5. The second kappa shape index (κ2) is 9.59. The summed E-state index contributed by atoms with van der Waals surface area (Å²) in [5, 5.41) is 13.5. The molecule has 1 aliphatic heterocycles. The lowest BCUT2D eigenvalue weighted by Gasteiger charge is -2.23. The predicted molar refractivity (Wildman–Crippen MR) is 147 cm³/mol. The van der Waals surface area contributed by atoms with Crippen LogP contribution in [0.1, 0.15) is 89.9 Å². The normalized spacial score (nSPS) is 15.8. The number of aryl methyl sites for hydroxylation is 1. The minimum atomic E-state index is -1.16. The Labute approximate surface area is 227 Å². The molecule has 0 unspecified atom stereocenters. The van der Waals surface area contributed by atoms with Crippen molar-refractivity contribution in [1.82, 2.24) is 14.9 Å². The highest BCUT2D eigenvalue weighted by molar-refractivity contribution is 6.01. The number of para-hydroxylation sites is 1. The van der Waals surface area contributed by atoms with Crippen LogP contribution in [0.2, 0.25) is 0 Å². The van der Waals surface area contributed by atoms with E-state index in [9.17, 15) is 14.7 Å². The van der Waals surface area contributed by atoms with E-state index in [2.05, 4.69) is 33.1 Å². The molecule has 2 aliphatic rings. The predicted octanol–water partition coefficient (Wildman–Crippen LogP) is 6.41. The lowest BCUT2D eigenvalue weighted by Crippen LogP contribution is -2.41. The van der Waals surface area contributed by atoms with Crippen molar-refractivity contribution in [2.24, 2.45) is 0 Å². The molecule has 8 nitrogen and oxygen atoms in total. The first-order valence-corrected chi connectivity index (χ1v) is 13.7. The Morgan fingerprint density at radius 2 is 1.87 bits per heavy atom. The van der Waals surface area contributed by atoms with Crippen LogP contribution in [0.3, 0.4) is 0 Å². The Balaban J connectivity index is 1.42. The second-order valence-electron chi connectivity index (χ2n) is 11.1. The summed E-state index contributed by atoms with van der Waals surface area (Å²) in [6.07, 6.45) is 6.07. The van der Waals surface area contributed by atoms with Gasteiger partial charge in [0.15, 0.2) is 5.69 Å². The highest BCUT2D eigenvalue weighted by Crippen LogP contribution is 2.47. The maximum Gasteiger partial charge on any atom is 0.358 e. The van der Waals surface area contributed by atoms with Crippen molar-refractivity contribution in [2.75, 3.05) is 6.61 Å². The van der Waals surface area contributed by atoms with E-state index in [0.29, 0.717) is 24.6 Å². The lowest BCUT2D eigenvalue weighted by atomic mass is 9.81. The number of hydrogen-bond donors (Lipinski definition) is 2. The number of oxazole rings is 1. The van der Waals surface area contributed by atoms with E-state index in [-0.39, 0.29) is 23.3 Å². The van der Waals surface area contributed by atoms with Crippen LogP contribution in [0.5, 0.6) is 5.75 Å². The van der Waals surface area contributed by atoms with Crippen molar-refractivity contribution < 1.29 is 23.8 Å². The summed E-state index contributed by atoms with van der Waals surface area (Å²) >= 11 is 0. The maximum atomic E-state index is 13.5. The number of carboxylic acids is 1. The van der Waals surface area contributed by atoms with E-state index < -0.39 is 11.5 Å². The molecule has 39 heavy (non-hydrogen) atoms. The summed E-state index contributed by atoms with van der Waals surface area (Å²) in [6, 6.07) is 14.2. The standard InChI is InChI=1S/C31H33N3O5/c1-18-26(29(36)37)32-30(39-18)31(2,3)33-28(35)20-13-14-21-23(17-20)34-15-16-38-24-12-8-7-11-22(24)27(34)25(21)19-9-5-4-6-10-19/h7-8,11-14,17,19H,4-6,9-10,15-16H2,1-3H3,(H,33,35)(H,36,37). The molecule has 0 saturated heterocycles. The summed E-state index contributed by atoms with van der Waals surface area (Å²) in [5.74, 6) is 0.279. The van der Waals surface area contributed by atoms with Crippen LogP contribution < -0.4 is 10.1 Å². The van der Waals surface area contributed by atoms with Gasteiger partial charge in [-0.25, -0.2) is 9.78 Å². The maximum absolute atomic E-state index is 13.5. The molecule has 1 saturated carbocycles. The van der Waals surface area contributed by atoms with E-state index in [1.54, 1.807) is 20.8 Å². The summed E-state index contributed by atoms with van der Waals surface area (Å²) in [7, 11) is 0. The van der Waals surface area contributed by atoms with Gasteiger partial charge in [0.1, 0.15) is 23.7 Å². The summed E-state index contributed by atoms with van der Waals surface area (Å²) < 4.78 is 14.1. The number of carbonyl (C=O) groups excluding carboxylic acids is 1. The Bertz CT molecular complexity index is 1590. The molecule has 1 amide bonds. The van der Waals surface area contributed by atoms with E-state index in [4.69, 9.17) is 9.15 Å². The fourth-order valence-corrected chi connectivity index (χ4v) is 6.15. The van der Waals surface area contributed by atoms with E-state index in [0.717, 1.165) is 16.8 Å². The number of carboxylic acid groups (broad SMARTS) is 1. The highest BCUT2D eigenvalue weighted by atomic mass is 16.5. The summed E-state index contributed by atoms with van der Waals surface area (Å²) in [4.78, 5) is 29.1. The third kappa shape index (κ3) is 4.37. The minimum absolute atomic E-state index is 0.150. The van der Waals surface area contributed by atoms with Crippen molar-refractivity contribution >= 4 is 22.8 Å². The van der Waals surface area contributed by atoms with Crippen LogP contribution in [0.15, 0.2) is 46.9 Å². The van der Waals surface area contributed by atoms with Crippen molar-refractivity contribution in [1.29, 1.82) is 0 Å². The Kier molecular flexibility index (Phi) is 6.20. The zero-order valence-electron chi connectivity index (χ0n) is 22.5. The fourth-order valence-electron chi connectivity index (χ4n) is 6.15. The van der Waals surface area contributed by atoms with Crippen LogP contribution in [0.25, 0.3) is 22.2 Å². The first kappa shape index (κ1) is 25.2. The van der Waals surface area contributed by atoms with E-state index in [1.165, 1.54) is 48.7 Å². The summed E-state index contributed by atoms with van der Waals surface area (Å²) in [6.45, 7) is 6.29. The number of aromatic nitrogens is 2. The quantitative estimate of drug-likeness (QED) is 0.311. The number of nitrogens with one attached hydrogen (secondary N) is 1. The van der Waals surface area contributed by atoms with Crippen LogP contribution in [0, 0.1) is 6.92 Å². The molecule has 8 heteroatoms. The van der Waals surface area contributed by atoms with Crippen molar-refractivity contribution in [3.63, 3.8) is 0 Å². The number of ether oxygens (including phenoxy) is 1. The van der Waals surface area contributed by atoms with E-state index >= 15 is 0 Å². The van der Waals surface area contributed by atoms with E-state index in [1.807, 2.05) is 24.3 Å². The first-order valence-electron chi connectivity index (χ1n) is 13.7. The van der Waals surface area contributed by atoms with Gasteiger partial charge in [-0.1, -0.05) is 37.5 Å². The van der Waals surface area contributed by atoms with Gasteiger partial charge >= 0.3 is 5.97 Å². The number of fused-ring (bicyclic) bond motifs is 5.